The molecule has 0 aliphatic rings. The molecule has 6 heteroatoms. The summed E-state index contributed by atoms with van der Waals surface area (Å²) in [6.45, 7) is 3.70. The summed E-state index contributed by atoms with van der Waals surface area (Å²) in [6, 6.07) is 2.91. The van der Waals surface area contributed by atoms with Gasteiger partial charge >= 0.3 is 5.97 Å². The number of anilines is 1. The third-order valence-corrected chi connectivity index (χ3v) is 3.05. The zero-order valence-corrected chi connectivity index (χ0v) is 10.8. The van der Waals surface area contributed by atoms with Crippen molar-refractivity contribution in [3.8, 4) is 0 Å². The van der Waals surface area contributed by atoms with Crippen LogP contribution in [0.2, 0.25) is 0 Å². The lowest BCUT2D eigenvalue weighted by molar-refractivity contribution is -0.118. The monoisotopic (exact) mass is 268 g/mol. The van der Waals surface area contributed by atoms with Crippen molar-refractivity contribution in [2.75, 3.05) is 5.32 Å². The highest BCUT2D eigenvalue weighted by molar-refractivity contribution is 6.02. The van der Waals surface area contributed by atoms with Gasteiger partial charge in [-0.25, -0.2) is 9.18 Å². The molecule has 0 spiro atoms. The molecule has 1 aromatic carbocycles. The van der Waals surface area contributed by atoms with Gasteiger partial charge in [0.1, 0.15) is 11.4 Å². The molecule has 0 heterocycles. The molecule has 0 aromatic heterocycles. The van der Waals surface area contributed by atoms with Crippen LogP contribution in [0.4, 0.5) is 10.1 Å². The number of amides is 1. The third-order valence-electron chi connectivity index (χ3n) is 3.05. The number of hydrogen-bond acceptors (Lipinski definition) is 3. The molecule has 0 aliphatic carbocycles. The van der Waals surface area contributed by atoms with Crippen LogP contribution >= 0.6 is 0 Å². The molecule has 1 amide bonds. The van der Waals surface area contributed by atoms with Gasteiger partial charge in [0.25, 0.3) is 0 Å². The molecule has 19 heavy (non-hydrogen) atoms. The van der Waals surface area contributed by atoms with Gasteiger partial charge in [-0.15, -0.1) is 0 Å². The van der Waals surface area contributed by atoms with Crippen molar-refractivity contribution in [1.29, 1.82) is 0 Å². The van der Waals surface area contributed by atoms with Crippen molar-refractivity contribution in [2.24, 2.45) is 11.7 Å². The Bertz CT molecular complexity index is 491. The SMILES string of the molecule is CC[C@H](C)[C@H](N)C(=O)Nc1cccc(F)c1C(=O)O. The minimum Gasteiger partial charge on any atom is -0.478 e. The summed E-state index contributed by atoms with van der Waals surface area (Å²) >= 11 is 0. The van der Waals surface area contributed by atoms with Crippen LogP contribution in [-0.2, 0) is 4.79 Å². The molecule has 0 aliphatic heterocycles. The number of carbonyl (C=O) groups excluding carboxylic acids is 1. The van der Waals surface area contributed by atoms with Crippen molar-refractivity contribution < 1.29 is 19.1 Å². The number of hydrogen-bond donors (Lipinski definition) is 3. The fourth-order valence-corrected chi connectivity index (χ4v) is 1.57. The molecule has 104 valence electrons. The Morgan fingerprint density at radius 1 is 1.47 bits per heavy atom. The fraction of sp³-hybridized carbons (Fsp3) is 0.385. The molecule has 0 saturated heterocycles. The minimum absolute atomic E-state index is 0.0539. The van der Waals surface area contributed by atoms with Gasteiger partial charge in [0, 0.05) is 0 Å². The van der Waals surface area contributed by atoms with Crippen molar-refractivity contribution in [3.63, 3.8) is 0 Å². The van der Waals surface area contributed by atoms with E-state index in [1.165, 1.54) is 12.1 Å². The largest absolute Gasteiger partial charge is 0.478 e. The number of nitrogens with one attached hydrogen (secondary N) is 1. The van der Waals surface area contributed by atoms with Crippen molar-refractivity contribution in [1.82, 2.24) is 0 Å². The first-order valence-corrected chi connectivity index (χ1v) is 5.96. The summed E-state index contributed by atoms with van der Waals surface area (Å²) in [6.07, 6.45) is 0.712. The second-order valence-electron chi connectivity index (χ2n) is 4.37. The number of halogens is 1. The van der Waals surface area contributed by atoms with Gasteiger partial charge in [-0.05, 0) is 18.1 Å². The summed E-state index contributed by atoms with van der Waals surface area (Å²) in [4.78, 5) is 22.8. The van der Waals surface area contributed by atoms with E-state index in [1.807, 2.05) is 13.8 Å². The van der Waals surface area contributed by atoms with E-state index in [4.69, 9.17) is 10.8 Å². The summed E-state index contributed by atoms with van der Waals surface area (Å²) < 4.78 is 13.4. The normalized spacial score (nSPS) is 13.7. The van der Waals surface area contributed by atoms with Gasteiger partial charge in [0.2, 0.25) is 5.91 Å². The number of rotatable bonds is 5. The Kier molecular flexibility index (Phi) is 5.00. The summed E-state index contributed by atoms with van der Waals surface area (Å²) in [5.74, 6) is -2.92. The second kappa shape index (κ2) is 6.29. The molecular weight excluding hydrogens is 251 g/mol. The second-order valence-corrected chi connectivity index (χ2v) is 4.37. The molecule has 1 rings (SSSR count). The Balaban J connectivity index is 2.97. The molecular formula is C13H17FN2O3. The van der Waals surface area contributed by atoms with Crippen LogP contribution in [0.15, 0.2) is 18.2 Å². The molecule has 1 aromatic rings. The van der Waals surface area contributed by atoms with Crippen LogP contribution in [-0.4, -0.2) is 23.0 Å². The highest BCUT2D eigenvalue weighted by Crippen LogP contribution is 2.19. The number of nitrogens with two attached hydrogens (primary N) is 1. The molecule has 0 saturated carbocycles. The lowest BCUT2D eigenvalue weighted by Gasteiger charge is -2.18. The third kappa shape index (κ3) is 3.51. The Morgan fingerprint density at radius 2 is 2.11 bits per heavy atom. The lowest BCUT2D eigenvalue weighted by atomic mass is 9.99. The molecule has 4 N–H and O–H groups in total. The summed E-state index contributed by atoms with van der Waals surface area (Å²) in [5, 5.41) is 11.3. The van der Waals surface area contributed by atoms with Crippen LogP contribution in [0.5, 0.6) is 0 Å². The maximum Gasteiger partial charge on any atom is 0.340 e. The average molecular weight is 268 g/mol. The van der Waals surface area contributed by atoms with E-state index < -0.39 is 29.3 Å². The Labute approximate surface area is 110 Å². The van der Waals surface area contributed by atoms with E-state index in [0.29, 0.717) is 6.42 Å². The Hall–Kier alpha value is -1.95. The standard InChI is InChI=1S/C13H17FN2O3/c1-3-7(2)11(15)12(17)16-9-6-4-5-8(14)10(9)13(18)19/h4-7,11H,3,15H2,1-2H3,(H,16,17)(H,18,19)/t7-,11-/m0/s1. The first-order chi connectivity index (χ1) is 8.88. The predicted molar refractivity (Wildman–Crippen MR) is 69.4 cm³/mol. The number of carboxylic acid groups (broad SMARTS) is 1. The van der Waals surface area contributed by atoms with Crippen LogP contribution in [0, 0.1) is 11.7 Å². The van der Waals surface area contributed by atoms with E-state index in [9.17, 15) is 14.0 Å². The van der Waals surface area contributed by atoms with Crippen molar-refractivity contribution >= 4 is 17.6 Å². The number of aromatic carboxylic acids is 1. The van der Waals surface area contributed by atoms with Crippen LogP contribution in [0.3, 0.4) is 0 Å². The highest BCUT2D eigenvalue weighted by atomic mass is 19.1. The van der Waals surface area contributed by atoms with Crippen LogP contribution < -0.4 is 11.1 Å². The summed E-state index contributed by atoms with van der Waals surface area (Å²) in [7, 11) is 0. The molecule has 0 fully saturated rings. The van der Waals surface area contributed by atoms with Crippen LogP contribution in [0.25, 0.3) is 0 Å². The fourth-order valence-electron chi connectivity index (χ4n) is 1.57. The van der Waals surface area contributed by atoms with Gasteiger partial charge in [0.05, 0.1) is 11.7 Å². The van der Waals surface area contributed by atoms with Crippen molar-refractivity contribution in [2.45, 2.75) is 26.3 Å². The smallest absolute Gasteiger partial charge is 0.340 e. The minimum atomic E-state index is -1.44. The van der Waals surface area contributed by atoms with Gasteiger partial charge in [0.15, 0.2) is 0 Å². The maximum atomic E-state index is 13.4. The van der Waals surface area contributed by atoms with E-state index in [1.54, 1.807) is 0 Å². The molecule has 5 nitrogen and oxygen atoms in total. The van der Waals surface area contributed by atoms with Gasteiger partial charge in [-0.2, -0.15) is 0 Å². The van der Waals surface area contributed by atoms with E-state index >= 15 is 0 Å². The zero-order valence-electron chi connectivity index (χ0n) is 10.8. The van der Waals surface area contributed by atoms with E-state index in [-0.39, 0.29) is 11.6 Å². The average Bonchev–Trinajstić information content (AvgIpc) is 2.36. The van der Waals surface area contributed by atoms with Gasteiger partial charge in [-0.3, -0.25) is 4.79 Å². The van der Waals surface area contributed by atoms with Crippen LogP contribution in [0.1, 0.15) is 30.6 Å². The lowest BCUT2D eigenvalue weighted by Crippen LogP contribution is -2.40. The first-order valence-electron chi connectivity index (χ1n) is 5.96. The molecule has 0 radical (unpaired) electrons. The van der Waals surface area contributed by atoms with Gasteiger partial charge < -0.3 is 16.2 Å². The molecule has 0 bridgehead atoms. The first kappa shape index (κ1) is 15.1. The predicted octanol–water partition coefficient (Wildman–Crippen LogP) is 1.84. The van der Waals surface area contributed by atoms with Gasteiger partial charge in [-0.1, -0.05) is 26.3 Å². The molecule has 0 unspecified atom stereocenters. The summed E-state index contributed by atoms with van der Waals surface area (Å²) in [5.41, 5.74) is 5.08. The van der Waals surface area contributed by atoms with Crippen molar-refractivity contribution in [3.05, 3.63) is 29.6 Å². The zero-order chi connectivity index (χ0) is 14.6. The Morgan fingerprint density at radius 3 is 2.63 bits per heavy atom. The maximum absolute atomic E-state index is 13.4. The number of carboxylic acids is 1. The quantitative estimate of drug-likeness (QED) is 0.759. The highest BCUT2D eigenvalue weighted by Gasteiger charge is 2.22. The number of carbonyl (C=O) groups is 2. The number of benzene rings is 1. The molecule has 2 atom stereocenters. The van der Waals surface area contributed by atoms with E-state index in [0.717, 1.165) is 6.07 Å². The topological polar surface area (TPSA) is 92.4 Å². The van der Waals surface area contributed by atoms with E-state index in [2.05, 4.69) is 5.32 Å².